The lowest BCUT2D eigenvalue weighted by Gasteiger charge is -2.23. The van der Waals surface area contributed by atoms with Gasteiger partial charge in [-0.25, -0.2) is 4.79 Å². The Morgan fingerprint density at radius 2 is 1.25 bits per heavy atom. The number of nitrogens with one attached hydrogen (secondary N) is 1. The van der Waals surface area contributed by atoms with Crippen molar-refractivity contribution in [3.8, 4) is 5.75 Å². The predicted molar refractivity (Wildman–Crippen MR) is 141 cm³/mol. The fourth-order valence-corrected chi connectivity index (χ4v) is 5.56. The molecule has 1 amide bonds. The molecule has 0 bridgehead atoms. The van der Waals surface area contributed by atoms with Crippen molar-refractivity contribution in [2.45, 2.75) is 24.0 Å². The summed E-state index contributed by atoms with van der Waals surface area (Å²) in [5.74, 6) is -2.64. The average Bonchev–Trinajstić information content (AvgIpc) is 2.89. The first-order valence-corrected chi connectivity index (χ1v) is 12.8. The summed E-state index contributed by atoms with van der Waals surface area (Å²) in [4.78, 5) is 50.7. The molecule has 0 aliphatic carbocycles. The largest absolute Gasteiger partial charge is 0.508 e. The van der Waals surface area contributed by atoms with E-state index in [2.05, 4.69) is 5.32 Å². The van der Waals surface area contributed by atoms with Crippen LogP contribution in [0.3, 0.4) is 0 Å². The van der Waals surface area contributed by atoms with E-state index in [1.165, 1.54) is 12.1 Å². The normalized spacial score (nSPS) is 12.5. The standard InChI is InChI=1S/C27H25NO6S2/c1-17(23(30)28-22(24(31)32)16-18-12-14-21(29)15-13-18)27(35-25(33)19-8-4-2-5-9-19)36-26(34)20-10-6-3-7-11-20/h2-15,17,22,27,29H,16H2,1H3,(H,28,30)(H,31,32)/t17?,22-/m0/s1. The Morgan fingerprint density at radius 3 is 1.69 bits per heavy atom. The Labute approximate surface area is 217 Å². The van der Waals surface area contributed by atoms with Gasteiger partial charge in [-0.1, -0.05) is 103 Å². The summed E-state index contributed by atoms with van der Waals surface area (Å²) in [6.07, 6.45) is 0.00488. The van der Waals surface area contributed by atoms with Crippen LogP contribution in [-0.4, -0.2) is 42.9 Å². The molecule has 3 aromatic carbocycles. The van der Waals surface area contributed by atoms with Crippen molar-refractivity contribution < 1.29 is 29.4 Å². The molecule has 186 valence electrons. The molecule has 9 heteroatoms. The molecule has 36 heavy (non-hydrogen) atoms. The molecule has 3 aromatic rings. The minimum absolute atomic E-state index is 0.00488. The van der Waals surface area contributed by atoms with E-state index >= 15 is 0 Å². The molecule has 0 aliphatic heterocycles. The van der Waals surface area contributed by atoms with Crippen LogP contribution in [0, 0.1) is 5.92 Å². The maximum absolute atomic E-state index is 13.1. The number of hydrogen-bond donors (Lipinski definition) is 3. The van der Waals surface area contributed by atoms with Gasteiger partial charge in [0.1, 0.15) is 11.8 Å². The van der Waals surface area contributed by atoms with Gasteiger partial charge in [0, 0.05) is 17.5 Å². The minimum atomic E-state index is -1.23. The third-order valence-electron chi connectivity index (χ3n) is 5.28. The van der Waals surface area contributed by atoms with Crippen LogP contribution in [0.25, 0.3) is 0 Å². The van der Waals surface area contributed by atoms with E-state index in [9.17, 15) is 29.4 Å². The maximum atomic E-state index is 13.1. The van der Waals surface area contributed by atoms with Gasteiger partial charge in [-0.3, -0.25) is 14.4 Å². The Balaban J connectivity index is 1.77. The topological polar surface area (TPSA) is 121 Å². The minimum Gasteiger partial charge on any atom is -0.508 e. The van der Waals surface area contributed by atoms with Crippen LogP contribution in [0.15, 0.2) is 84.9 Å². The molecule has 0 spiro atoms. The Bertz CT molecular complexity index is 1150. The third kappa shape index (κ3) is 7.73. The van der Waals surface area contributed by atoms with Crippen LogP contribution in [0.4, 0.5) is 0 Å². The van der Waals surface area contributed by atoms with Crippen molar-refractivity contribution in [1.82, 2.24) is 5.32 Å². The zero-order valence-corrected chi connectivity index (χ0v) is 21.0. The van der Waals surface area contributed by atoms with Crippen molar-refractivity contribution >= 4 is 45.6 Å². The lowest BCUT2D eigenvalue weighted by Crippen LogP contribution is -2.46. The number of amides is 1. The number of carbonyl (C=O) groups excluding carboxylic acids is 3. The van der Waals surface area contributed by atoms with Crippen LogP contribution >= 0.6 is 23.5 Å². The monoisotopic (exact) mass is 523 g/mol. The molecule has 0 heterocycles. The number of aliphatic carboxylic acids is 1. The lowest BCUT2D eigenvalue weighted by atomic mass is 10.0. The van der Waals surface area contributed by atoms with Gasteiger partial charge in [0.15, 0.2) is 0 Å². The first-order chi connectivity index (χ1) is 17.2. The van der Waals surface area contributed by atoms with E-state index in [0.29, 0.717) is 16.7 Å². The van der Waals surface area contributed by atoms with E-state index in [0.717, 1.165) is 23.5 Å². The van der Waals surface area contributed by atoms with Crippen molar-refractivity contribution in [2.24, 2.45) is 5.92 Å². The molecule has 0 fully saturated rings. The molecular weight excluding hydrogens is 498 g/mol. The van der Waals surface area contributed by atoms with Gasteiger partial charge in [-0.2, -0.15) is 0 Å². The molecule has 0 aliphatic rings. The van der Waals surface area contributed by atoms with Gasteiger partial charge in [0.25, 0.3) is 0 Å². The van der Waals surface area contributed by atoms with E-state index in [1.807, 2.05) is 0 Å². The van der Waals surface area contributed by atoms with Crippen molar-refractivity contribution in [1.29, 1.82) is 0 Å². The van der Waals surface area contributed by atoms with Crippen molar-refractivity contribution in [3.63, 3.8) is 0 Å². The number of thioether (sulfide) groups is 2. The summed E-state index contributed by atoms with van der Waals surface area (Å²) in [5.41, 5.74) is 1.49. The summed E-state index contributed by atoms with van der Waals surface area (Å²) < 4.78 is -0.798. The molecule has 0 saturated heterocycles. The predicted octanol–water partition coefficient (Wildman–Crippen LogP) is 4.61. The Hall–Kier alpha value is -3.56. The second-order valence-corrected chi connectivity index (χ2v) is 10.5. The summed E-state index contributed by atoms with van der Waals surface area (Å²) in [5, 5.41) is 21.0. The van der Waals surface area contributed by atoms with Crippen molar-refractivity contribution in [2.75, 3.05) is 0 Å². The molecule has 1 unspecified atom stereocenters. The Morgan fingerprint density at radius 1 is 0.778 bits per heavy atom. The highest BCUT2D eigenvalue weighted by molar-refractivity contribution is 8.30. The quantitative estimate of drug-likeness (QED) is 0.330. The van der Waals surface area contributed by atoms with Crippen LogP contribution in [-0.2, 0) is 16.0 Å². The molecule has 0 radical (unpaired) electrons. The second-order valence-electron chi connectivity index (χ2n) is 7.97. The number of aromatic hydroxyl groups is 1. The smallest absolute Gasteiger partial charge is 0.326 e. The van der Waals surface area contributed by atoms with Crippen LogP contribution in [0.1, 0.15) is 33.2 Å². The van der Waals surface area contributed by atoms with Gasteiger partial charge in [-0.15, -0.1) is 0 Å². The van der Waals surface area contributed by atoms with E-state index in [-0.39, 0.29) is 22.4 Å². The number of hydrogen-bond acceptors (Lipinski definition) is 7. The van der Waals surface area contributed by atoms with Gasteiger partial charge in [-0.05, 0) is 17.7 Å². The van der Waals surface area contributed by atoms with Gasteiger partial charge < -0.3 is 15.5 Å². The zero-order chi connectivity index (χ0) is 26.1. The Kier molecular flexibility index (Phi) is 9.72. The van der Waals surface area contributed by atoms with Crippen LogP contribution in [0.5, 0.6) is 5.75 Å². The molecule has 3 rings (SSSR count). The highest BCUT2D eigenvalue weighted by Gasteiger charge is 2.33. The maximum Gasteiger partial charge on any atom is 0.326 e. The summed E-state index contributed by atoms with van der Waals surface area (Å²) >= 11 is 1.73. The van der Waals surface area contributed by atoms with Crippen LogP contribution < -0.4 is 5.32 Å². The number of carboxylic acid groups (broad SMARTS) is 1. The molecule has 2 atom stereocenters. The molecule has 0 aromatic heterocycles. The SMILES string of the molecule is CC(C(=O)N[C@@H](Cc1ccc(O)cc1)C(=O)O)C(SC(=O)c1ccccc1)SC(=O)c1ccccc1. The average molecular weight is 524 g/mol. The highest BCUT2D eigenvalue weighted by Crippen LogP contribution is 2.35. The zero-order valence-electron chi connectivity index (χ0n) is 19.4. The van der Waals surface area contributed by atoms with Crippen LogP contribution in [0.2, 0.25) is 0 Å². The highest BCUT2D eigenvalue weighted by atomic mass is 32.2. The number of benzene rings is 3. The summed E-state index contributed by atoms with van der Waals surface area (Å²) in [6.45, 7) is 1.57. The number of carboxylic acids is 1. The van der Waals surface area contributed by atoms with Gasteiger partial charge >= 0.3 is 5.97 Å². The number of phenols is 1. The first-order valence-electron chi connectivity index (χ1n) is 11.1. The number of phenolic OH excluding ortho intramolecular Hbond substituents is 1. The second kappa shape index (κ2) is 12.9. The molecular formula is C27H25NO6S2. The fraction of sp³-hybridized carbons (Fsp3) is 0.185. The van der Waals surface area contributed by atoms with E-state index in [1.54, 1.807) is 79.7 Å². The summed E-state index contributed by atoms with van der Waals surface area (Å²) in [7, 11) is 0. The van der Waals surface area contributed by atoms with E-state index < -0.39 is 28.4 Å². The number of rotatable bonds is 10. The third-order valence-corrected chi connectivity index (χ3v) is 8.04. The van der Waals surface area contributed by atoms with Gasteiger partial charge in [0.2, 0.25) is 16.1 Å². The molecule has 0 saturated carbocycles. The van der Waals surface area contributed by atoms with Gasteiger partial charge in [0.05, 0.1) is 10.5 Å². The fourth-order valence-electron chi connectivity index (χ4n) is 3.22. The molecule has 7 nitrogen and oxygen atoms in total. The van der Waals surface area contributed by atoms with E-state index in [4.69, 9.17) is 0 Å². The number of carbonyl (C=O) groups is 4. The summed E-state index contributed by atoms with van der Waals surface area (Å²) in [6, 6.07) is 21.9. The first kappa shape index (κ1) is 27.0. The molecule has 3 N–H and O–H groups in total. The lowest BCUT2D eigenvalue weighted by molar-refractivity contribution is -0.142. The van der Waals surface area contributed by atoms with Crippen molar-refractivity contribution in [3.05, 3.63) is 102 Å².